The van der Waals surface area contributed by atoms with Crippen LogP contribution in [0, 0.1) is 0 Å². The molecule has 5 nitrogen and oxygen atoms in total. The summed E-state index contributed by atoms with van der Waals surface area (Å²) in [5.74, 6) is 1.61. The average molecular weight is 443 g/mol. The summed E-state index contributed by atoms with van der Waals surface area (Å²) in [4.78, 5) is 0. The minimum Gasteiger partial charge on any atom is -0.493 e. The fraction of sp³-hybridized carbons (Fsp3) is 0.520. The number of hydrogen-bond donors (Lipinski definition) is 3. The molecule has 5 atom stereocenters. The molecule has 1 aliphatic carbocycles. The predicted molar refractivity (Wildman–Crippen MR) is 121 cm³/mol. The van der Waals surface area contributed by atoms with Crippen LogP contribution in [0.25, 0.3) is 0 Å². The normalized spacial score (nSPS) is 30.5. The van der Waals surface area contributed by atoms with Gasteiger partial charge in [-0.15, -0.1) is 11.8 Å². The van der Waals surface area contributed by atoms with Crippen molar-refractivity contribution < 1.29 is 24.8 Å². The highest BCUT2D eigenvalue weighted by Crippen LogP contribution is 2.44. The van der Waals surface area contributed by atoms with Crippen LogP contribution in [-0.4, -0.2) is 51.9 Å². The quantitative estimate of drug-likeness (QED) is 0.659. The van der Waals surface area contributed by atoms with Gasteiger partial charge in [0.25, 0.3) is 0 Å². The highest BCUT2D eigenvalue weighted by atomic mass is 32.2. The predicted octanol–water partition coefficient (Wildman–Crippen LogP) is 3.32. The van der Waals surface area contributed by atoms with Crippen LogP contribution in [0.2, 0.25) is 0 Å². The monoisotopic (exact) mass is 442 g/mol. The lowest BCUT2D eigenvalue weighted by Gasteiger charge is -2.40. The highest BCUT2D eigenvalue weighted by Gasteiger charge is 2.44. The first-order chi connectivity index (χ1) is 15.0. The fourth-order valence-electron chi connectivity index (χ4n) is 4.81. The molecular weight excluding hydrogens is 412 g/mol. The van der Waals surface area contributed by atoms with Crippen LogP contribution < -0.4 is 4.74 Å². The van der Waals surface area contributed by atoms with Crippen molar-refractivity contribution in [2.45, 2.75) is 67.9 Å². The van der Waals surface area contributed by atoms with Gasteiger partial charge in [0, 0.05) is 0 Å². The molecule has 0 spiro atoms. The van der Waals surface area contributed by atoms with E-state index in [0.717, 1.165) is 37.2 Å². The zero-order valence-electron chi connectivity index (χ0n) is 17.7. The SMILES string of the molecule is CS[C@H]1O[C@@H](c2ccc(C3CC3)c(Cc3ccc4c(c3)CCCO4)c2)[C@H](O)[C@@H](O)[C@@H]1O. The van der Waals surface area contributed by atoms with Crippen molar-refractivity contribution in [2.75, 3.05) is 12.9 Å². The molecule has 3 aliphatic rings. The summed E-state index contributed by atoms with van der Waals surface area (Å²) < 4.78 is 11.8. The summed E-state index contributed by atoms with van der Waals surface area (Å²) in [6.07, 6.45) is 3.01. The summed E-state index contributed by atoms with van der Waals surface area (Å²) in [7, 11) is 0. The van der Waals surface area contributed by atoms with E-state index in [1.165, 1.54) is 46.9 Å². The Hall–Kier alpha value is -1.57. The summed E-state index contributed by atoms with van der Waals surface area (Å²) in [6, 6.07) is 12.8. The molecule has 166 valence electrons. The molecule has 0 radical (unpaired) electrons. The van der Waals surface area contributed by atoms with Gasteiger partial charge in [-0.1, -0.05) is 30.3 Å². The smallest absolute Gasteiger partial charge is 0.132 e. The first-order valence-corrected chi connectivity index (χ1v) is 12.4. The third-order valence-corrected chi connectivity index (χ3v) is 7.54. The third kappa shape index (κ3) is 4.24. The second-order valence-corrected chi connectivity index (χ2v) is 9.87. The van der Waals surface area contributed by atoms with Crippen LogP contribution in [0.5, 0.6) is 5.75 Å². The zero-order chi connectivity index (χ0) is 21.5. The molecule has 2 aromatic carbocycles. The molecule has 1 saturated carbocycles. The fourth-order valence-corrected chi connectivity index (χ4v) is 5.48. The Morgan fingerprint density at radius 3 is 2.61 bits per heavy atom. The molecule has 6 heteroatoms. The van der Waals surface area contributed by atoms with E-state index >= 15 is 0 Å². The van der Waals surface area contributed by atoms with E-state index < -0.39 is 29.9 Å². The minimum atomic E-state index is -1.23. The summed E-state index contributed by atoms with van der Waals surface area (Å²) in [5.41, 5.74) is 5.41. The van der Waals surface area contributed by atoms with Crippen molar-refractivity contribution >= 4 is 11.8 Å². The van der Waals surface area contributed by atoms with Crippen molar-refractivity contribution in [3.05, 3.63) is 64.2 Å². The van der Waals surface area contributed by atoms with Gasteiger partial charge in [0.2, 0.25) is 0 Å². The Bertz CT molecular complexity index is 942. The number of fused-ring (bicyclic) bond motifs is 1. The van der Waals surface area contributed by atoms with Crippen molar-refractivity contribution in [2.24, 2.45) is 0 Å². The van der Waals surface area contributed by atoms with Gasteiger partial charge in [0.1, 0.15) is 35.6 Å². The summed E-state index contributed by atoms with van der Waals surface area (Å²) in [6.45, 7) is 0.793. The molecule has 1 saturated heterocycles. The Labute approximate surface area is 187 Å². The molecule has 3 N–H and O–H groups in total. The molecule has 2 heterocycles. The number of aliphatic hydroxyl groups is 3. The summed E-state index contributed by atoms with van der Waals surface area (Å²) in [5, 5.41) is 31.1. The van der Waals surface area contributed by atoms with Gasteiger partial charge in [-0.05, 0) is 78.2 Å². The van der Waals surface area contributed by atoms with Crippen LogP contribution >= 0.6 is 11.8 Å². The van der Waals surface area contributed by atoms with E-state index in [-0.39, 0.29) is 0 Å². The van der Waals surface area contributed by atoms with Gasteiger partial charge < -0.3 is 24.8 Å². The van der Waals surface area contributed by atoms with E-state index in [4.69, 9.17) is 9.47 Å². The Morgan fingerprint density at radius 1 is 1.00 bits per heavy atom. The Balaban J connectivity index is 1.45. The Kier molecular flexibility index (Phi) is 6.01. The second kappa shape index (κ2) is 8.75. The topological polar surface area (TPSA) is 79.2 Å². The van der Waals surface area contributed by atoms with Crippen LogP contribution in [0.3, 0.4) is 0 Å². The van der Waals surface area contributed by atoms with Crippen LogP contribution in [0.1, 0.15) is 59.1 Å². The molecule has 2 aliphatic heterocycles. The lowest BCUT2D eigenvalue weighted by atomic mass is 9.89. The van der Waals surface area contributed by atoms with E-state index in [1.807, 2.05) is 12.3 Å². The van der Waals surface area contributed by atoms with Gasteiger partial charge >= 0.3 is 0 Å². The number of benzene rings is 2. The van der Waals surface area contributed by atoms with Gasteiger partial charge in [0.05, 0.1) is 6.61 Å². The number of aryl methyl sites for hydroxylation is 1. The van der Waals surface area contributed by atoms with Gasteiger partial charge in [-0.3, -0.25) is 0 Å². The molecule has 0 unspecified atom stereocenters. The molecule has 2 fully saturated rings. The van der Waals surface area contributed by atoms with Crippen LogP contribution in [0.4, 0.5) is 0 Å². The highest BCUT2D eigenvalue weighted by molar-refractivity contribution is 7.99. The van der Waals surface area contributed by atoms with Gasteiger partial charge in [-0.25, -0.2) is 0 Å². The van der Waals surface area contributed by atoms with Crippen molar-refractivity contribution in [1.82, 2.24) is 0 Å². The Morgan fingerprint density at radius 2 is 1.84 bits per heavy atom. The molecule has 0 aromatic heterocycles. The van der Waals surface area contributed by atoms with Crippen molar-refractivity contribution in [3.63, 3.8) is 0 Å². The van der Waals surface area contributed by atoms with Crippen LogP contribution in [-0.2, 0) is 17.6 Å². The molecule has 0 amide bonds. The second-order valence-electron chi connectivity index (χ2n) is 8.94. The van der Waals surface area contributed by atoms with E-state index in [2.05, 4.69) is 30.3 Å². The van der Waals surface area contributed by atoms with Crippen molar-refractivity contribution in [3.8, 4) is 5.75 Å². The molecule has 2 aromatic rings. The summed E-state index contributed by atoms with van der Waals surface area (Å²) >= 11 is 1.34. The first-order valence-electron chi connectivity index (χ1n) is 11.1. The standard InChI is InChI=1S/C25H30O5S/c1-31-25-23(28)21(26)22(27)24(30-25)17-7-8-19(15-5-6-15)18(13-17)12-14-4-9-20-16(11-14)3-2-10-29-20/h4,7-9,11,13,15,21-28H,2-3,5-6,10,12H2,1H3/t21-,22-,23+,24+,25-/m1/s1. The first kappa shape index (κ1) is 21.3. The maximum atomic E-state index is 10.6. The largest absolute Gasteiger partial charge is 0.493 e. The number of hydrogen-bond acceptors (Lipinski definition) is 6. The molecule has 31 heavy (non-hydrogen) atoms. The lowest BCUT2D eigenvalue weighted by Crippen LogP contribution is -2.52. The lowest BCUT2D eigenvalue weighted by molar-refractivity contribution is -0.200. The molecular formula is C25H30O5S. The minimum absolute atomic E-state index is 0.574. The number of rotatable bonds is 5. The molecule has 5 rings (SSSR count). The third-order valence-electron chi connectivity index (χ3n) is 6.68. The number of ether oxygens (including phenoxy) is 2. The van der Waals surface area contributed by atoms with E-state index in [1.54, 1.807) is 0 Å². The number of aliphatic hydroxyl groups excluding tert-OH is 3. The maximum Gasteiger partial charge on any atom is 0.132 e. The molecule has 0 bridgehead atoms. The van der Waals surface area contributed by atoms with E-state index in [0.29, 0.717) is 5.92 Å². The maximum absolute atomic E-state index is 10.6. The van der Waals surface area contributed by atoms with Crippen LogP contribution in [0.15, 0.2) is 36.4 Å². The van der Waals surface area contributed by atoms with Gasteiger partial charge in [0.15, 0.2) is 0 Å². The van der Waals surface area contributed by atoms with E-state index in [9.17, 15) is 15.3 Å². The number of thioether (sulfide) groups is 1. The zero-order valence-corrected chi connectivity index (χ0v) is 18.6. The van der Waals surface area contributed by atoms with Crippen molar-refractivity contribution in [1.29, 1.82) is 0 Å². The average Bonchev–Trinajstić information content (AvgIpc) is 3.63. The van der Waals surface area contributed by atoms with Gasteiger partial charge in [-0.2, -0.15) is 0 Å².